The molecule has 2 saturated heterocycles. The van der Waals surface area contributed by atoms with Crippen LogP contribution in [-0.4, -0.2) is 79.0 Å². The maximum atomic E-state index is 13.1. The van der Waals surface area contributed by atoms with Crippen molar-refractivity contribution in [2.24, 2.45) is 5.92 Å². The van der Waals surface area contributed by atoms with E-state index < -0.39 is 15.3 Å². The number of hydrogen-bond acceptors (Lipinski definition) is 4. The second-order valence-electron chi connectivity index (χ2n) is 8.24. The van der Waals surface area contributed by atoms with Gasteiger partial charge in [-0.1, -0.05) is 12.8 Å². The molecule has 6 nitrogen and oxygen atoms in total. The largest absolute Gasteiger partial charge is 0.341 e. The van der Waals surface area contributed by atoms with Crippen molar-refractivity contribution in [1.82, 2.24) is 14.1 Å². The van der Waals surface area contributed by atoms with Crippen molar-refractivity contribution >= 4 is 15.9 Å². The van der Waals surface area contributed by atoms with Crippen molar-refractivity contribution in [3.63, 3.8) is 0 Å². The van der Waals surface area contributed by atoms with Gasteiger partial charge in [-0.3, -0.25) is 9.69 Å². The molecular formula is C18H31N3O3S. The lowest BCUT2D eigenvalue weighted by molar-refractivity contribution is -0.136. The van der Waals surface area contributed by atoms with Gasteiger partial charge in [-0.05, 0) is 38.5 Å². The number of carbonyl (C=O) groups is 1. The van der Waals surface area contributed by atoms with Crippen molar-refractivity contribution in [2.75, 3.05) is 39.3 Å². The van der Waals surface area contributed by atoms with Crippen molar-refractivity contribution in [1.29, 1.82) is 0 Å². The molecule has 4 aliphatic rings. The number of hydrogen-bond donors (Lipinski definition) is 0. The summed E-state index contributed by atoms with van der Waals surface area (Å²) in [5.74, 6) is 0.347. The van der Waals surface area contributed by atoms with Crippen LogP contribution in [0.15, 0.2) is 0 Å². The van der Waals surface area contributed by atoms with E-state index in [0.29, 0.717) is 32.1 Å². The minimum atomic E-state index is -3.29. The summed E-state index contributed by atoms with van der Waals surface area (Å²) in [7, 11) is -3.29. The highest BCUT2D eigenvalue weighted by atomic mass is 32.2. The summed E-state index contributed by atoms with van der Waals surface area (Å²) in [6.07, 6.45) is 8.28. The van der Waals surface area contributed by atoms with Crippen molar-refractivity contribution in [3.05, 3.63) is 0 Å². The van der Waals surface area contributed by atoms with Gasteiger partial charge in [0.25, 0.3) is 0 Å². The van der Waals surface area contributed by atoms with Gasteiger partial charge in [0.2, 0.25) is 15.9 Å². The Morgan fingerprint density at radius 1 is 0.800 bits per heavy atom. The first-order valence-corrected chi connectivity index (χ1v) is 11.6. The van der Waals surface area contributed by atoms with Crippen LogP contribution in [-0.2, 0) is 14.8 Å². The van der Waals surface area contributed by atoms with Crippen molar-refractivity contribution < 1.29 is 13.2 Å². The van der Waals surface area contributed by atoms with Gasteiger partial charge in [0.15, 0.2) is 0 Å². The average Bonchev–Trinajstić information content (AvgIpc) is 3.35. The van der Waals surface area contributed by atoms with E-state index in [-0.39, 0.29) is 11.8 Å². The summed E-state index contributed by atoms with van der Waals surface area (Å²) in [6.45, 7) is 4.10. The number of rotatable bonds is 4. The molecule has 0 spiro atoms. The third kappa shape index (κ3) is 3.74. The summed E-state index contributed by atoms with van der Waals surface area (Å²) in [5, 5.41) is -0.404. The fourth-order valence-corrected chi connectivity index (χ4v) is 6.71. The zero-order valence-corrected chi connectivity index (χ0v) is 15.9. The zero-order valence-electron chi connectivity index (χ0n) is 15.1. The molecule has 1 atom stereocenters. The standard InChI is InChI=1S/C18H31N3O3S/c22-18(15-4-1-2-5-15)20-9-3-6-17(14-20)25(23,24)21-12-10-19(11-13-21)16-7-8-16/h15-17H,1-14H2. The number of likely N-dealkylation sites (tertiary alicyclic amines) is 1. The number of amides is 1. The summed E-state index contributed by atoms with van der Waals surface area (Å²) < 4.78 is 27.9. The molecule has 142 valence electrons. The van der Waals surface area contributed by atoms with Gasteiger partial charge in [-0.15, -0.1) is 0 Å². The fraction of sp³-hybridized carbons (Fsp3) is 0.944. The van der Waals surface area contributed by atoms with Crippen LogP contribution >= 0.6 is 0 Å². The Hall–Kier alpha value is -0.660. The number of sulfonamides is 1. The van der Waals surface area contributed by atoms with Gasteiger partial charge in [0.1, 0.15) is 0 Å². The normalized spacial score (nSPS) is 30.7. The van der Waals surface area contributed by atoms with E-state index in [1.165, 1.54) is 12.8 Å². The Kier molecular flexibility index (Phi) is 5.08. The van der Waals surface area contributed by atoms with E-state index in [1.807, 2.05) is 4.90 Å². The topological polar surface area (TPSA) is 60.9 Å². The van der Waals surface area contributed by atoms with Gasteiger partial charge >= 0.3 is 0 Å². The van der Waals surface area contributed by atoms with Crippen LogP contribution in [0.3, 0.4) is 0 Å². The molecule has 0 aromatic rings. The molecule has 1 unspecified atom stereocenters. The first kappa shape index (κ1) is 17.7. The molecule has 0 radical (unpaired) electrons. The molecular weight excluding hydrogens is 338 g/mol. The van der Waals surface area contributed by atoms with Crippen LogP contribution in [0, 0.1) is 5.92 Å². The van der Waals surface area contributed by atoms with Crippen molar-refractivity contribution in [3.8, 4) is 0 Å². The summed E-state index contributed by atoms with van der Waals surface area (Å²) in [4.78, 5) is 17.0. The van der Waals surface area contributed by atoms with Crippen molar-refractivity contribution in [2.45, 2.75) is 62.7 Å². The molecule has 2 aliphatic heterocycles. The highest BCUT2D eigenvalue weighted by Crippen LogP contribution is 2.31. The van der Waals surface area contributed by atoms with Crippen LogP contribution in [0.2, 0.25) is 0 Å². The van der Waals surface area contributed by atoms with Gasteiger partial charge in [-0.2, -0.15) is 4.31 Å². The minimum Gasteiger partial charge on any atom is -0.341 e. The molecule has 2 aliphatic carbocycles. The number of piperazine rings is 1. The molecule has 4 fully saturated rings. The Balaban J connectivity index is 1.37. The van der Waals surface area contributed by atoms with E-state index >= 15 is 0 Å². The molecule has 0 N–H and O–H groups in total. The molecule has 1 amide bonds. The van der Waals surface area contributed by atoms with Crippen LogP contribution < -0.4 is 0 Å². The van der Waals surface area contributed by atoms with E-state index in [4.69, 9.17) is 0 Å². The zero-order chi connectivity index (χ0) is 17.4. The van der Waals surface area contributed by atoms with Crippen LogP contribution in [0.25, 0.3) is 0 Å². The highest BCUT2D eigenvalue weighted by Gasteiger charge is 2.40. The minimum absolute atomic E-state index is 0.142. The number of carbonyl (C=O) groups excluding carboxylic acids is 1. The van der Waals surface area contributed by atoms with Gasteiger partial charge in [0, 0.05) is 51.2 Å². The first-order chi connectivity index (χ1) is 12.1. The molecule has 4 rings (SSSR count). The average molecular weight is 370 g/mol. The Morgan fingerprint density at radius 2 is 1.48 bits per heavy atom. The maximum Gasteiger partial charge on any atom is 0.225 e. The number of nitrogens with zero attached hydrogens (tertiary/aromatic N) is 3. The van der Waals surface area contributed by atoms with Crippen LogP contribution in [0.5, 0.6) is 0 Å². The fourth-order valence-electron chi connectivity index (χ4n) is 4.79. The summed E-state index contributed by atoms with van der Waals surface area (Å²) >= 11 is 0. The van der Waals surface area contributed by atoms with E-state index in [9.17, 15) is 13.2 Å². The van der Waals surface area contributed by atoms with E-state index in [2.05, 4.69) is 4.90 Å². The van der Waals surface area contributed by atoms with Crippen LogP contribution in [0.4, 0.5) is 0 Å². The molecule has 7 heteroatoms. The predicted octanol–water partition coefficient (Wildman–Crippen LogP) is 1.28. The molecule has 2 heterocycles. The quantitative estimate of drug-likeness (QED) is 0.749. The highest BCUT2D eigenvalue weighted by molar-refractivity contribution is 7.89. The second-order valence-corrected chi connectivity index (χ2v) is 10.5. The lowest BCUT2D eigenvalue weighted by Crippen LogP contribution is -2.55. The first-order valence-electron chi connectivity index (χ1n) is 10.1. The molecule has 25 heavy (non-hydrogen) atoms. The number of piperidine rings is 1. The monoisotopic (exact) mass is 369 g/mol. The summed E-state index contributed by atoms with van der Waals surface area (Å²) in [5.41, 5.74) is 0. The van der Waals surface area contributed by atoms with Gasteiger partial charge in [-0.25, -0.2) is 8.42 Å². The lowest BCUT2D eigenvalue weighted by atomic mass is 10.0. The molecule has 2 saturated carbocycles. The molecule has 0 bridgehead atoms. The lowest BCUT2D eigenvalue weighted by Gasteiger charge is -2.39. The Morgan fingerprint density at radius 3 is 2.12 bits per heavy atom. The molecule has 0 aromatic carbocycles. The van der Waals surface area contributed by atoms with Crippen LogP contribution in [0.1, 0.15) is 51.4 Å². The van der Waals surface area contributed by atoms with Gasteiger partial charge < -0.3 is 4.90 Å². The van der Waals surface area contributed by atoms with E-state index in [0.717, 1.165) is 51.7 Å². The molecule has 0 aromatic heterocycles. The Bertz CT molecular complexity index is 591. The van der Waals surface area contributed by atoms with Gasteiger partial charge in [0.05, 0.1) is 5.25 Å². The summed E-state index contributed by atoms with van der Waals surface area (Å²) in [6, 6.07) is 0.707. The second kappa shape index (κ2) is 7.16. The predicted molar refractivity (Wildman–Crippen MR) is 96.6 cm³/mol. The maximum absolute atomic E-state index is 13.1. The third-order valence-corrected chi connectivity index (χ3v) is 8.82. The SMILES string of the molecule is O=C(C1CCCC1)N1CCCC(S(=O)(=O)N2CCN(C3CC3)CC2)C1. The smallest absolute Gasteiger partial charge is 0.225 e. The Labute approximate surface area is 151 Å². The third-order valence-electron chi connectivity index (χ3n) is 6.51. The van der Waals surface area contributed by atoms with E-state index in [1.54, 1.807) is 4.31 Å².